The number of aromatic nitrogens is 3. The first-order valence-electron chi connectivity index (χ1n) is 7.74. The number of aryl methyl sites for hydroxylation is 1. The Morgan fingerprint density at radius 3 is 2.92 bits per heavy atom. The number of terminal acetylenes is 1. The minimum atomic E-state index is -0.331. The molecule has 2 aromatic heterocycles. The van der Waals surface area contributed by atoms with Crippen LogP contribution < -0.4 is 0 Å². The Bertz CT molecular complexity index is 849. The van der Waals surface area contributed by atoms with Crippen LogP contribution in [0.2, 0.25) is 5.15 Å². The number of rotatable bonds is 6. The zero-order valence-electron chi connectivity index (χ0n) is 13.8. The van der Waals surface area contributed by atoms with Crippen molar-refractivity contribution in [3.63, 3.8) is 0 Å². The molecule has 0 N–H and O–H groups in total. The van der Waals surface area contributed by atoms with E-state index in [4.69, 9.17) is 22.8 Å². The first kappa shape index (κ1) is 17.1. The van der Waals surface area contributed by atoms with Crippen LogP contribution in [-0.2, 0) is 29.2 Å². The van der Waals surface area contributed by atoms with Crippen LogP contribution in [0.25, 0.3) is 0 Å². The molecule has 6 nitrogen and oxygen atoms in total. The van der Waals surface area contributed by atoms with Gasteiger partial charge in [-0.1, -0.05) is 23.6 Å². The third kappa shape index (κ3) is 4.20. The maximum absolute atomic E-state index is 11.5. The fourth-order valence-corrected chi connectivity index (χ4v) is 2.78. The topological polar surface area (TPSA) is 60.2 Å². The molecule has 0 fully saturated rings. The maximum atomic E-state index is 11.5. The highest BCUT2D eigenvalue weighted by Gasteiger charge is 2.21. The highest BCUT2D eigenvalue weighted by Crippen LogP contribution is 2.20. The Morgan fingerprint density at radius 1 is 1.44 bits per heavy atom. The van der Waals surface area contributed by atoms with Crippen molar-refractivity contribution in [2.24, 2.45) is 0 Å². The quantitative estimate of drug-likeness (QED) is 0.451. The summed E-state index contributed by atoms with van der Waals surface area (Å²) in [5, 5.41) is 4.85. The molecule has 1 aliphatic rings. The molecule has 0 aromatic carbocycles. The summed E-state index contributed by atoms with van der Waals surface area (Å²) >= 11 is 5.85. The van der Waals surface area contributed by atoms with E-state index in [1.54, 1.807) is 16.9 Å². The first-order valence-corrected chi connectivity index (χ1v) is 8.12. The Morgan fingerprint density at radius 2 is 2.28 bits per heavy atom. The Balaban J connectivity index is 1.86. The fourth-order valence-electron chi connectivity index (χ4n) is 2.67. The molecule has 0 bridgehead atoms. The van der Waals surface area contributed by atoms with Gasteiger partial charge in [-0.3, -0.25) is 4.68 Å². The van der Waals surface area contributed by atoms with Gasteiger partial charge in [0, 0.05) is 18.8 Å². The van der Waals surface area contributed by atoms with Crippen molar-refractivity contribution in [2.75, 3.05) is 6.61 Å². The molecular formula is C18H17ClN4O2. The van der Waals surface area contributed by atoms with Crippen LogP contribution >= 0.6 is 11.6 Å². The summed E-state index contributed by atoms with van der Waals surface area (Å²) in [7, 11) is 0. The van der Waals surface area contributed by atoms with Crippen LogP contribution in [0.5, 0.6) is 0 Å². The molecule has 0 radical (unpaired) electrons. The number of carbonyl (C=O) groups is 1. The van der Waals surface area contributed by atoms with Gasteiger partial charge in [0.1, 0.15) is 18.3 Å². The van der Waals surface area contributed by atoms with E-state index in [2.05, 4.69) is 20.9 Å². The summed E-state index contributed by atoms with van der Waals surface area (Å²) in [5.41, 5.74) is 3.65. The minimum Gasteiger partial charge on any atom is -0.456 e. The van der Waals surface area contributed by atoms with Crippen LogP contribution in [-0.4, -0.2) is 32.2 Å². The van der Waals surface area contributed by atoms with Crippen LogP contribution in [0, 0.1) is 19.3 Å². The Labute approximate surface area is 151 Å². The summed E-state index contributed by atoms with van der Waals surface area (Å²) in [5.74, 6) is 2.28. The van der Waals surface area contributed by atoms with E-state index >= 15 is 0 Å². The van der Waals surface area contributed by atoms with Gasteiger partial charge in [0.05, 0.1) is 23.6 Å². The molecule has 25 heavy (non-hydrogen) atoms. The predicted molar refractivity (Wildman–Crippen MR) is 93.3 cm³/mol. The summed E-state index contributed by atoms with van der Waals surface area (Å²) in [6.45, 7) is 3.68. The second-order valence-electron chi connectivity index (χ2n) is 5.73. The number of esters is 1. The highest BCUT2D eigenvalue weighted by atomic mass is 35.5. The van der Waals surface area contributed by atoms with Gasteiger partial charge in [0.15, 0.2) is 0 Å². The van der Waals surface area contributed by atoms with Gasteiger partial charge in [-0.2, -0.15) is 5.10 Å². The first-order chi connectivity index (χ1) is 12.0. The van der Waals surface area contributed by atoms with Crippen molar-refractivity contribution in [3.05, 3.63) is 58.3 Å². The van der Waals surface area contributed by atoms with Crippen molar-refractivity contribution in [3.8, 4) is 12.3 Å². The SMILES string of the molecule is C#CCn1nc(C)cc1CN(Cc1ccc(Cl)nc1)C1=CC(=O)OC1. The standard InChI is InChI=1S/C18H17ClN4O2/c1-3-6-23-15(7-13(2)21-23)11-22(16-8-18(24)25-12-16)10-14-4-5-17(19)20-9-14/h1,4-5,7-9H,6,10-12H2,2H3. The van der Waals surface area contributed by atoms with Crippen molar-refractivity contribution in [2.45, 2.75) is 26.6 Å². The van der Waals surface area contributed by atoms with Crippen LogP contribution in [0.1, 0.15) is 17.0 Å². The molecule has 0 saturated heterocycles. The lowest BCUT2D eigenvalue weighted by molar-refractivity contribution is -0.135. The number of hydrogen-bond acceptors (Lipinski definition) is 5. The molecule has 1 aliphatic heterocycles. The second-order valence-corrected chi connectivity index (χ2v) is 6.11. The molecule has 7 heteroatoms. The zero-order valence-corrected chi connectivity index (χ0v) is 14.5. The van der Waals surface area contributed by atoms with Crippen molar-refractivity contribution >= 4 is 17.6 Å². The number of pyridine rings is 1. The number of ether oxygens (including phenoxy) is 1. The van der Waals surface area contributed by atoms with E-state index in [1.165, 1.54) is 6.08 Å². The molecule has 3 rings (SSSR count). The summed E-state index contributed by atoms with van der Waals surface area (Å²) in [6, 6.07) is 5.64. The third-order valence-electron chi connectivity index (χ3n) is 3.79. The van der Waals surface area contributed by atoms with Gasteiger partial charge in [-0.05, 0) is 24.6 Å². The van der Waals surface area contributed by atoms with Crippen LogP contribution in [0.15, 0.2) is 36.2 Å². The van der Waals surface area contributed by atoms with E-state index in [0.717, 1.165) is 22.6 Å². The molecule has 0 unspecified atom stereocenters. The lowest BCUT2D eigenvalue weighted by atomic mass is 10.2. The van der Waals surface area contributed by atoms with E-state index in [9.17, 15) is 4.79 Å². The number of carbonyl (C=O) groups excluding carboxylic acids is 1. The van der Waals surface area contributed by atoms with Gasteiger partial charge in [-0.15, -0.1) is 6.42 Å². The van der Waals surface area contributed by atoms with Crippen molar-refractivity contribution in [1.29, 1.82) is 0 Å². The van der Waals surface area contributed by atoms with Gasteiger partial charge in [0.25, 0.3) is 0 Å². The van der Waals surface area contributed by atoms with Crippen molar-refractivity contribution in [1.82, 2.24) is 19.7 Å². The normalized spacial score (nSPS) is 13.3. The lowest BCUT2D eigenvalue weighted by Crippen LogP contribution is -2.25. The van der Waals surface area contributed by atoms with E-state index in [-0.39, 0.29) is 12.6 Å². The largest absolute Gasteiger partial charge is 0.456 e. The molecule has 0 aliphatic carbocycles. The van der Waals surface area contributed by atoms with E-state index in [0.29, 0.717) is 24.8 Å². The summed E-state index contributed by atoms with van der Waals surface area (Å²) in [6.07, 6.45) is 8.66. The zero-order chi connectivity index (χ0) is 17.8. The molecule has 128 valence electrons. The highest BCUT2D eigenvalue weighted by molar-refractivity contribution is 6.29. The summed E-state index contributed by atoms with van der Waals surface area (Å²) < 4.78 is 6.85. The molecule has 0 spiro atoms. The molecule has 0 atom stereocenters. The molecule has 3 heterocycles. The molecular weight excluding hydrogens is 340 g/mol. The van der Waals surface area contributed by atoms with E-state index < -0.39 is 0 Å². The van der Waals surface area contributed by atoms with E-state index in [1.807, 2.05) is 19.1 Å². The van der Waals surface area contributed by atoms with Gasteiger partial charge in [0.2, 0.25) is 0 Å². The summed E-state index contributed by atoms with van der Waals surface area (Å²) in [4.78, 5) is 17.6. The predicted octanol–water partition coefficient (Wildman–Crippen LogP) is 2.32. The smallest absolute Gasteiger partial charge is 0.333 e. The molecule has 2 aromatic rings. The van der Waals surface area contributed by atoms with Crippen LogP contribution in [0.3, 0.4) is 0 Å². The third-order valence-corrected chi connectivity index (χ3v) is 4.02. The maximum Gasteiger partial charge on any atom is 0.333 e. The van der Waals surface area contributed by atoms with Gasteiger partial charge >= 0.3 is 5.97 Å². The average Bonchev–Trinajstić information content (AvgIpc) is 3.15. The number of cyclic esters (lactones) is 1. The van der Waals surface area contributed by atoms with Crippen LogP contribution in [0.4, 0.5) is 0 Å². The van der Waals surface area contributed by atoms with Gasteiger partial charge < -0.3 is 9.64 Å². The average molecular weight is 357 g/mol. The lowest BCUT2D eigenvalue weighted by Gasteiger charge is -2.25. The number of nitrogens with zero attached hydrogens (tertiary/aromatic N) is 4. The Kier molecular flexibility index (Phi) is 5.05. The molecule has 0 amide bonds. The molecule has 0 saturated carbocycles. The Hall–Kier alpha value is -2.78. The minimum absolute atomic E-state index is 0.252. The monoisotopic (exact) mass is 356 g/mol. The fraction of sp³-hybridized carbons (Fsp3) is 0.278. The van der Waals surface area contributed by atoms with Crippen molar-refractivity contribution < 1.29 is 9.53 Å². The number of hydrogen-bond donors (Lipinski definition) is 0. The van der Waals surface area contributed by atoms with Gasteiger partial charge in [-0.25, -0.2) is 9.78 Å². The second kappa shape index (κ2) is 7.41. The number of halogens is 1.